The highest BCUT2D eigenvalue weighted by Gasteiger charge is 2.17. The van der Waals surface area contributed by atoms with E-state index in [4.69, 9.17) is 34.8 Å². The van der Waals surface area contributed by atoms with E-state index in [1.807, 2.05) is 6.07 Å². The predicted molar refractivity (Wildman–Crippen MR) is 91.2 cm³/mol. The van der Waals surface area contributed by atoms with Gasteiger partial charge in [0.1, 0.15) is 16.8 Å². The maximum atomic E-state index is 14.3. The highest BCUT2D eigenvalue weighted by atomic mass is 35.5. The Kier molecular flexibility index (Phi) is 4.27. The molecule has 3 rings (SSSR count). The minimum Gasteiger partial charge on any atom is -0.351 e. The fourth-order valence-electron chi connectivity index (χ4n) is 2.17. The number of hydrogen-bond donors (Lipinski definition) is 1. The molecule has 0 radical (unpaired) electrons. The van der Waals surface area contributed by atoms with Crippen molar-refractivity contribution in [3.05, 3.63) is 63.0 Å². The predicted octanol–water partition coefficient (Wildman–Crippen LogP) is 5.95. The van der Waals surface area contributed by atoms with Gasteiger partial charge in [0.25, 0.3) is 0 Å². The van der Waals surface area contributed by atoms with E-state index in [0.717, 1.165) is 0 Å². The normalized spacial score (nSPS) is 10.6. The van der Waals surface area contributed by atoms with Crippen molar-refractivity contribution in [1.82, 2.24) is 4.98 Å². The second-order valence-electron chi connectivity index (χ2n) is 4.63. The average Bonchev–Trinajstić information content (AvgIpc) is 2.55. The topological polar surface area (TPSA) is 48.7 Å². The minimum atomic E-state index is -0.708. The second-order valence-corrected chi connectivity index (χ2v) is 5.77. The van der Waals surface area contributed by atoms with Gasteiger partial charge in [-0.05, 0) is 18.2 Å². The molecule has 2 aromatic carbocycles. The Balaban J connectivity index is 2.24. The summed E-state index contributed by atoms with van der Waals surface area (Å²) in [6.45, 7) is 0. The third-order valence-corrected chi connectivity index (χ3v) is 4.31. The van der Waals surface area contributed by atoms with Gasteiger partial charge in [-0.15, -0.1) is 0 Å². The van der Waals surface area contributed by atoms with Gasteiger partial charge in [-0.1, -0.05) is 53.0 Å². The summed E-state index contributed by atoms with van der Waals surface area (Å²) in [5, 5.41) is 12.8. The molecule has 1 heterocycles. The highest BCUT2D eigenvalue weighted by Crippen LogP contribution is 2.36. The van der Waals surface area contributed by atoms with Crippen LogP contribution in [-0.4, -0.2) is 4.98 Å². The van der Waals surface area contributed by atoms with Gasteiger partial charge >= 0.3 is 0 Å². The minimum absolute atomic E-state index is 0.0363. The number of halogens is 4. The number of pyridine rings is 1. The Bertz CT molecular complexity index is 967. The molecule has 23 heavy (non-hydrogen) atoms. The molecule has 7 heteroatoms. The molecule has 1 N–H and O–H groups in total. The summed E-state index contributed by atoms with van der Waals surface area (Å²) in [5.74, 6) is -0.708. The molecular formula is C16H7Cl3FN3. The number of aromatic nitrogens is 1. The van der Waals surface area contributed by atoms with Crippen LogP contribution in [0.3, 0.4) is 0 Å². The third-order valence-electron chi connectivity index (χ3n) is 3.25. The van der Waals surface area contributed by atoms with Gasteiger partial charge in [0.05, 0.1) is 26.9 Å². The van der Waals surface area contributed by atoms with Crippen LogP contribution in [0.15, 0.2) is 36.4 Å². The zero-order valence-electron chi connectivity index (χ0n) is 11.4. The number of nitriles is 1. The Hall–Kier alpha value is -2.06. The molecule has 0 bridgehead atoms. The standard InChI is InChI=1S/C16H7Cl3FN3/c17-10-5-6-12(14(20)13(10)18)22-15-8-3-1-2-4-11(8)23-16(19)9(15)7-21/h1-6H,(H,22,23). The lowest BCUT2D eigenvalue weighted by Gasteiger charge is -2.14. The van der Waals surface area contributed by atoms with Gasteiger partial charge < -0.3 is 5.32 Å². The van der Waals surface area contributed by atoms with E-state index < -0.39 is 5.82 Å². The summed E-state index contributed by atoms with van der Waals surface area (Å²) in [5.41, 5.74) is 1.15. The molecule has 0 amide bonds. The number of benzene rings is 2. The van der Waals surface area contributed by atoms with Crippen molar-refractivity contribution in [2.24, 2.45) is 0 Å². The number of nitrogens with one attached hydrogen (secondary N) is 1. The first kappa shape index (κ1) is 15.8. The Morgan fingerprint density at radius 2 is 1.83 bits per heavy atom. The van der Waals surface area contributed by atoms with Crippen molar-refractivity contribution in [2.45, 2.75) is 0 Å². The van der Waals surface area contributed by atoms with Gasteiger partial charge in [-0.2, -0.15) is 5.26 Å². The zero-order chi connectivity index (χ0) is 16.6. The molecule has 0 saturated carbocycles. The van der Waals surface area contributed by atoms with E-state index in [0.29, 0.717) is 16.6 Å². The van der Waals surface area contributed by atoms with E-state index in [1.165, 1.54) is 12.1 Å². The van der Waals surface area contributed by atoms with Crippen LogP contribution in [0.4, 0.5) is 15.8 Å². The molecule has 0 aliphatic heterocycles. The Labute approximate surface area is 146 Å². The molecule has 3 aromatic rings. The number of nitrogens with zero attached hydrogens (tertiary/aromatic N) is 2. The highest BCUT2D eigenvalue weighted by molar-refractivity contribution is 6.42. The summed E-state index contributed by atoms with van der Waals surface area (Å²) in [6, 6.07) is 12.0. The first-order valence-corrected chi connectivity index (χ1v) is 7.55. The van der Waals surface area contributed by atoms with Crippen molar-refractivity contribution in [2.75, 3.05) is 5.32 Å². The Morgan fingerprint density at radius 3 is 2.57 bits per heavy atom. The molecular weight excluding hydrogens is 360 g/mol. The summed E-state index contributed by atoms with van der Waals surface area (Å²) >= 11 is 17.7. The van der Waals surface area contributed by atoms with Crippen molar-refractivity contribution in [3.8, 4) is 6.07 Å². The lowest BCUT2D eigenvalue weighted by Crippen LogP contribution is -2.00. The van der Waals surface area contributed by atoms with E-state index in [1.54, 1.807) is 24.3 Å². The van der Waals surface area contributed by atoms with Crippen LogP contribution in [0, 0.1) is 17.1 Å². The SMILES string of the molecule is N#Cc1c(Cl)nc2ccccc2c1Nc1ccc(Cl)c(Cl)c1F. The Morgan fingerprint density at radius 1 is 1.09 bits per heavy atom. The average molecular weight is 367 g/mol. The van der Waals surface area contributed by atoms with Crippen LogP contribution in [0.25, 0.3) is 10.9 Å². The van der Waals surface area contributed by atoms with Crippen LogP contribution in [0.5, 0.6) is 0 Å². The van der Waals surface area contributed by atoms with Crippen LogP contribution < -0.4 is 5.32 Å². The van der Waals surface area contributed by atoms with Gasteiger partial charge in [0, 0.05) is 5.39 Å². The maximum Gasteiger partial charge on any atom is 0.166 e. The van der Waals surface area contributed by atoms with Gasteiger partial charge in [-0.3, -0.25) is 0 Å². The van der Waals surface area contributed by atoms with Gasteiger partial charge in [0.2, 0.25) is 0 Å². The van der Waals surface area contributed by atoms with Crippen LogP contribution in [0.2, 0.25) is 15.2 Å². The molecule has 0 aliphatic rings. The fraction of sp³-hybridized carbons (Fsp3) is 0. The van der Waals surface area contributed by atoms with E-state index in [2.05, 4.69) is 10.3 Å². The molecule has 0 fully saturated rings. The summed E-state index contributed by atoms with van der Waals surface area (Å²) < 4.78 is 14.3. The summed E-state index contributed by atoms with van der Waals surface area (Å²) in [4.78, 5) is 4.16. The molecule has 3 nitrogen and oxygen atoms in total. The smallest absolute Gasteiger partial charge is 0.166 e. The van der Waals surface area contributed by atoms with Gasteiger partial charge in [-0.25, -0.2) is 9.37 Å². The first-order valence-electron chi connectivity index (χ1n) is 6.41. The zero-order valence-corrected chi connectivity index (χ0v) is 13.6. The first-order chi connectivity index (χ1) is 11.0. The third kappa shape index (κ3) is 2.79. The second kappa shape index (κ2) is 6.21. The van der Waals surface area contributed by atoms with Crippen molar-refractivity contribution in [1.29, 1.82) is 5.26 Å². The summed E-state index contributed by atoms with van der Waals surface area (Å²) in [6.07, 6.45) is 0. The van der Waals surface area contributed by atoms with Crippen LogP contribution >= 0.6 is 34.8 Å². The molecule has 0 unspecified atom stereocenters. The van der Waals surface area contributed by atoms with Gasteiger partial charge in [0.15, 0.2) is 5.82 Å². The monoisotopic (exact) mass is 365 g/mol. The molecule has 0 saturated heterocycles. The number of para-hydroxylation sites is 1. The van der Waals surface area contributed by atoms with E-state index >= 15 is 0 Å². The number of hydrogen-bond acceptors (Lipinski definition) is 3. The molecule has 1 aromatic heterocycles. The van der Waals surface area contributed by atoms with Crippen molar-refractivity contribution < 1.29 is 4.39 Å². The quantitative estimate of drug-likeness (QED) is 0.450. The summed E-state index contributed by atoms with van der Waals surface area (Å²) in [7, 11) is 0. The lowest BCUT2D eigenvalue weighted by molar-refractivity contribution is 0.632. The number of rotatable bonds is 2. The number of anilines is 2. The molecule has 0 spiro atoms. The molecule has 0 aliphatic carbocycles. The van der Waals surface area contributed by atoms with Crippen molar-refractivity contribution >= 4 is 57.1 Å². The van der Waals surface area contributed by atoms with Crippen molar-refractivity contribution in [3.63, 3.8) is 0 Å². The van der Waals surface area contributed by atoms with E-state index in [9.17, 15) is 9.65 Å². The van der Waals surface area contributed by atoms with Crippen LogP contribution in [-0.2, 0) is 0 Å². The molecule has 0 atom stereocenters. The van der Waals surface area contributed by atoms with Crippen LogP contribution in [0.1, 0.15) is 5.56 Å². The molecule has 114 valence electrons. The maximum absolute atomic E-state index is 14.3. The fourth-order valence-corrected chi connectivity index (χ4v) is 2.71. The number of fused-ring (bicyclic) bond motifs is 1. The largest absolute Gasteiger partial charge is 0.351 e. The lowest BCUT2D eigenvalue weighted by atomic mass is 10.1. The van der Waals surface area contributed by atoms with E-state index in [-0.39, 0.29) is 26.4 Å².